The first-order chi connectivity index (χ1) is 19.7. The van der Waals surface area contributed by atoms with Crippen LogP contribution in [0.15, 0.2) is 48.7 Å². The summed E-state index contributed by atoms with van der Waals surface area (Å²) in [6.07, 6.45) is 2.90. The molecule has 1 aliphatic carbocycles. The van der Waals surface area contributed by atoms with Gasteiger partial charge >= 0.3 is 11.9 Å². The van der Waals surface area contributed by atoms with Crippen LogP contribution in [0.4, 0.5) is 14.5 Å². The third-order valence-electron chi connectivity index (χ3n) is 7.83. The number of Topliss-reactive ketones (excluding diaryl/α,β-unsaturated/α-hetero) is 1. The summed E-state index contributed by atoms with van der Waals surface area (Å²) in [5, 5.41) is 13.2. The molecule has 8 nitrogen and oxygen atoms in total. The largest absolute Gasteiger partial charge is 0.481 e. The van der Waals surface area contributed by atoms with Gasteiger partial charge in [-0.2, -0.15) is 4.39 Å². The summed E-state index contributed by atoms with van der Waals surface area (Å²) < 4.78 is 37.4. The van der Waals surface area contributed by atoms with Crippen molar-refractivity contribution in [2.24, 2.45) is 5.92 Å². The van der Waals surface area contributed by atoms with E-state index in [-0.39, 0.29) is 22.0 Å². The molecule has 216 valence electrons. The van der Waals surface area contributed by atoms with E-state index in [0.29, 0.717) is 57.0 Å². The Labute approximate surface area is 240 Å². The van der Waals surface area contributed by atoms with Crippen molar-refractivity contribution in [3.05, 3.63) is 70.8 Å². The van der Waals surface area contributed by atoms with Gasteiger partial charge in [0.15, 0.2) is 0 Å². The second-order valence-corrected chi connectivity index (χ2v) is 11.0. The van der Waals surface area contributed by atoms with E-state index in [4.69, 9.17) is 16.3 Å². The molecule has 0 radical (unpaired) electrons. The highest BCUT2D eigenvalue weighted by atomic mass is 35.5. The Balaban J connectivity index is 1.32. The predicted molar refractivity (Wildman–Crippen MR) is 149 cm³/mol. The van der Waals surface area contributed by atoms with Crippen molar-refractivity contribution in [3.63, 3.8) is 0 Å². The first-order valence-electron chi connectivity index (χ1n) is 13.7. The Hall–Kier alpha value is -3.47. The number of nitrogens with zero attached hydrogens (tertiary/aromatic N) is 2. The molecule has 5 rings (SSSR count). The van der Waals surface area contributed by atoms with Gasteiger partial charge < -0.3 is 15.2 Å². The van der Waals surface area contributed by atoms with E-state index < -0.39 is 47.9 Å². The molecule has 0 spiro atoms. The molecular weight excluding hydrogens is 556 g/mol. The van der Waals surface area contributed by atoms with Gasteiger partial charge in [-0.05, 0) is 67.7 Å². The number of alkyl halides is 1. The van der Waals surface area contributed by atoms with Gasteiger partial charge in [0, 0.05) is 31.1 Å². The predicted octanol–water partition coefficient (Wildman–Crippen LogP) is 5.77. The summed E-state index contributed by atoms with van der Waals surface area (Å²) in [6.45, 7) is 0.617. The van der Waals surface area contributed by atoms with Gasteiger partial charge in [-0.15, -0.1) is 0 Å². The number of ether oxygens (including phenoxy) is 1. The lowest BCUT2D eigenvalue weighted by atomic mass is 9.87. The number of halogens is 3. The van der Waals surface area contributed by atoms with E-state index in [1.165, 1.54) is 17.2 Å². The number of nitrogens with one attached hydrogen (secondary N) is 1. The molecule has 41 heavy (non-hydrogen) atoms. The highest BCUT2D eigenvalue weighted by Crippen LogP contribution is 2.35. The van der Waals surface area contributed by atoms with E-state index in [1.54, 1.807) is 18.2 Å². The quantitative estimate of drug-likeness (QED) is 0.307. The Morgan fingerprint density at radius 2 is 1.80 bits per heavy atom. The maximum absolute atomic E-state index is 16.4. The Morgan fingerprint density at radius 3 is 2.51 bits per heavy atom. The van der Waals surface area contributed by atoms with Crippen molar-refractivity contribution in [2.75, 3.05) is 18.4 Å². The van der Waals surface area contributed by atoms with E-state index in [9.17, 15) is 19.5 Å². The zero-order valence-electron chi connectivity index (χ0n) is 22.2. The zero-order chi connectivity index (χ0) is 29.1. The molecule has 2 N–H and O–H groups in total. The molecule has 1 aliphatic heterocycles. The number of hydrogen-bond donors (Lipinski definition) is 2. The number of benzene rings is 2. The van der Waals surface area contributed by atoms with Gasteiger partial charge in [0.2, 0.25) is 5.78 Å². The molecule has 1 unspecified atom stereocenters. The molecule has 2 fully saturated rings. The van der Waals surface area contributed by atoms with Crippen molar-refractivity contribution in [1.82, 2.24) is 9.88 Å². The number of anilines is 1. The monoisotopic (exact) mass is 585 g/mol. The first-order valence-corrected chi connectivity index (χ1v) is 14.0. The number of likely N-dealkylation sites (tertiary alicyclic amines) is 1. The van der Waals surface area contributed by atoms with Crippen molar-refractivity contribution < 1.29 is 33.0 Å². The van der Waals surface area contributed by atoms with Crippen molar-refractivity contribution in [2.45, 2.75) is 57.0 Å². The summed E-state index contributed by atoms with van der Waals surface area (Å²) in [6, 6.07) is 11.2. The van der Waals surface area contributed by atoms with Crippen molar-refractivity contribution in [1.29, 1.82) is 0 Å². The van der Waals surface area contributed by atoms with Gasteiger partial charge in [-0.25, -0.2) is 9.29 Å². The number of carbonyl (C=O) groups excluding carboxylic acids is 2. The molecule has 2 heterocycles. The van der Waals surface area contributed by atoms with Crippen LogP contribution in [0.5, 0.6) is 0 Å². The summed E-state index contributed by atoms with van der Waals surface area (Å²) in [5.41, 5.74) is -0.0144. The molecule has 2 aromatic carbocycles. The highest BCUT2D eigenvalue weighted by Gasteiger charge is 2.49. The second kappa shape index (κ2) is 12.2. The third kappa shape index (κ3) is 6.24. The summed E-state index contributed by atoms with van der Waals surface area (Å²) in [7, 11) is 0. The van der Waals surface area contributed by atoms with Gasteiger partial charge in [0.05, 0.1) is 22.7 Å². The number of fused-ring (bicyclic) bond motifs is 1. The van der Waals surface area contributed by atoms with E-state index in [2.05, 4.69) is 10.3 Å². The van der Waals surface area contributed by atoms with Crippen LogP contribution in [0.3, 0.4) is 0 Å². The molecule has 11 heteroatoms. The smallest absolute Gasteiger partial charge is 0.330 e. The van der Waals surface area contributed by atoms with Crippen LogP contribution in [0, 0.1) is 11.7 Å². The molecule has 0 bridgehead atoms. The molecule has 1 aromatic heterocycles. The number of pyridine rings is 1. The SMILES string of the molecule is O=C(Nc1cc(F)c(CC(=O)C(F)(O[C@H]2CC[C@H](C(=O)O)CC2)N2CCCC2)cc1Cl)c1nccc2ccccc12. The number of aliphatic carboxylic acids is 1. The lowest BCUT2D eigenvalue weighted by Crippen LogP contribution is -2.54. The lowest BCUT2D eigenvalue weighted by Gasteiger charge is -2.37. The minimum atomic E-state index is -2.77. The van der Waals surface area contributed by atoms with Gasteiger partial charge in [-0.1, -0.05) is 35.9 Å². The van der Waals surface area contributed by atoms with E-state index in [1.807, 2.05) is 12.1 Å². The molecule has 2 aliphatic rings. The summed E-state index contributed by atoms with van der Waals surface area (Å²) >= 11 is 6.37. The molecule has 1 saturated carbocycles. The lowest BCUT2D eigenvalue weighted by molar-refractivity contribution is -0.252. The van der Waals surface area contributed by atoms with Gasteiger partial charge in [0.25, 0.3) is 5.91 Å². The number of carbonyl (C=O) groups is 3. The van der Waals surface area contributed by atoms with Crippen LogP contribution in [-0.2, 0) is 20.7 Å². The number of amides is 1. The van der Waals surface area contributed by atoms with Crippen molar-refractivity contribution in [3.8, 4) is 0 Å². The van der Waals surface area contributed by atoms with Crippen LogP contribution >= 0.6 is 11.6 Å². The number of hydrogen-bond acceptors (Lipinski definition) is 6. The van der Waals surface area contributed by atoms with Crippen LogP contribution in [0.25, 0.3) is 10.8 Å². The maximum Gasteiger partial charge on any atom is 0.330 e. The molecule has 1 atom stereocenters. The fourth-order valence-electron chi connectivity index (χ4n) is 5.55. The standard InChI is InChI=1S/C30H30ClF2N3O5/c31-23-15-20(24(32)17-25(23)35-28(38)27-22-6-2-1-5-18(22)11-12-34-27)16-26(37)30(33,36-13-3-4-14-36)41-21-9-7-19(8-10-21)29(39)40/h1-2,5-6,11-12,15,17,19,21H,3-4,7-10,13-14,16H2,(H,35,38)(H,39,40)/t19-,21-,30?. The Morgan fingerprint density at radius 1 is 1.10 bits per heavy atom. The fraction of sp³-hybridized carbons (Fsp3) is 0.400. The average molecular weight is 586 g/mol. The summed E-state index contributed by atoms with van der Waals surface area (Å²) in [5.74, 6) is -6.58. The minimum absolute atomic E-state index is 0.0161. The average Bonchev–Trinajstić information content (AvgIpc) is 3.51. The van der Waals surface area contributed by atoms with Crippen LogP contribution in [0.1, 0.15) is 54.6 Å². The normalized spacial score (nSPS) is 21.0. The van der Waals surface area contributed by atoms with Crippen LogP contribution < -0.4 is 5.32 Å². The van der Waals surface area contributed by atoms with Gasteiger partial charge in [-0.3, -0.25) is 19.4 Å². The maximum atomic E-state index is 16.4. The highest BCUT2D eigenvalue weighted by molar-refractivity contribution is 6.34. The zero-order valence-corrected chi connectivity index (χ0v) is 23.0. The number of ketones is 1. The molecular formula is C30H30ClF2N3O5. The minimum Gasteiger partial charge on any atom is -0.481 e. The molecule has 1 amide bonds. The summed E-state index contributed by atoms with van der Waals surface area (Å²) in [4.78, 5) is 43.1. The first kappa shape index (κ1) is 29.0. The topological polar surface area (TPSA) is 109 Å². The number of carboxylic acid groups (broad SMARTS) is 1. The van der Waals surface area contributed by atoms with Crippen molar-refractivity contribution >= 4 is 45.7 Å². The third-order valence-corrected chi connectivity index (χ3v) is 8.14. The number of carboxylic acids is 1. The number of rotatable bonds is 9. The van der Waals surface area contributed by atoms with E-state index in [0.717, 1.165) is 11.5 Å². The Kier molecular flexibility index (Phi) is 8.63. The van der Waals surface area contributed by atoms with Crippen LogP contribution in [-0.4, -0.2) is 57.8 Å². The second-order valence-electron chi connectivity index (χ2n) is 10.5. The van der Waals surface area contributed by atoms with Gasteiger partial charge in [0.1, 0.15) is 11.5 Å². The number of aromatic nitrogens is 1. The fourth-order valence-corrected chi connectivity index (χ4v) is 5.79. The van der Waals surface area contributed by atoms with E-state index >= 15 is 8.78 Å². The molecule has 1 saturated heterocycles. The van der Waals surface area contributed by atoms with Crippen LogP contribution in [0.2, 0.25) is 5.02 Å². The Bertz CT molecular complexity index is 1470. The molecule has 3 aromatic rings.